The van der Waals surface area contributed by atoms with Crippen LogP contribution in [0.3, 0.4) is 0 Å². The number of morpholine rings is 1. The van der Waals surface area contributed by atoms with E-state index in [1.807, 2.05) is 0 Å². The molecule has 3 aromatic rings. The Balaban J connectivity index is 1.55. The van der Waals surface area contributed by atoms with E-state index in [4.69, 9.17) is 25.5 Å². The average molecular weight is 587 g/mol. The number of anilines is 2. The van der Waals surface area contributed by atoms with E-state index >= 15 is 0 Å². The Hall–Kier alpha value is -4.07. The number of nitrogens with zero attached hydrogens (tertiary/aromatic N) is 4. The summed E-state index contributed by atoms with van der Waals surface area (Å²) in [6.07, 6.45) is 1.88. The van der Waals surface area contributed by atoms with Crippen molar-refractivity contribution in [1.82, 2.24) is 19.8 Å². The maximum Gasteiger partial charge on any atom is 0.294 e. The molecule has 1 aliphatic rings. The topological polar surface area (TPSA) is 156 Å². The van der Waals surface area contributed by atoms with Gasteiger partial charge in [0.05, 0.1) is 24.8 Å². The molecule has 0 bridgehead atoms. The Morgan fingerprint density at radius 2 is 1.88 bits per heavy atom. The lowest BCUT2D eigenvalue weighted by Crippen LogP contribution is -2.40. The maximum atomic E-state index is 13.2. The van der Waals surface area contributed by atoms with E-state index in [2.05, 4.69) is 20.6 Å². The molecule has 0 unspecified atom stereocenters. The molecule has 4 heterocycles. The van der Waals surface area contributed by atoms with Crippen molar-refractivity contribution < 1.29 is 33.1 Å². The van der Waals surface area contributed by atoms with Gasteiger partial charge in [-0.25, -0.2) is 9.97 Å². The van der Waals surface area contributed by atoms with Crippen molar-refractivity contribution in [2.24, 2.45) is 0 Å². The van der Waals surface area contributed by atoms with Crippen molar-refractivity contribution in [2.45, 2.75) is 19.3 Å². The molecular formula is C27H31ClN6O7. The summed E-state index contributed by atoms with van der Waals surface area (Å²) in [5, 5.41) is 5.70. The highest BCUT2D eigenvalue weighted by atomic mass is 35.5. The molecule has 2 N–H and O–H groups in total. The number of hydrogen-bond acceptors (Lipinski definition) is 9. The smallest absolute Gasteiger partial charge is 0.294 e. The van der Waals surface area contributed by atoms with E-state index in [1.165, 1.54) is 36.4 Å². The largest absolute Gasteiger partial charge is 0.447 e. The van der Waals surface area contributed by atoms with Crippen molar-refractivity contribution in [2.75, 3.05) is 64.2 Å². The standard InChI is InChI=1S/C27H31ClN6O7/c1-33(10-13-39-2)27(38)18-7-8-19-23(30-18)24(25(41-19)26(37)31-20-9-6-17(28)16-29-20)32-21(35)4-3-5-22(36)34-11-14-40-15-12-34/h6-9,16H,3-5,10-15H2,1-2H3,(H,32,35)(H,29,31,37). The molecule has 13 nitrogen and oxygen atoms in total. The normalized spacial score (nSPS) is 13.2. The number of amides is 4. The van der Waals surface area contributed by atoms with Crippen LogP contribution in [0.2, 0.25) is 5.02 Å². The van der Waals surface area contributed by atoms with Crippen LogP contribution in [0.1, 0.15) is 40.3 Å². The Morgan fingerprint density at radius 3 is 2.59 bits per heavy atom. The van der Waals surface area contributed by atoms with Crippen molar-refractivity contribution in [3.63, 3.8) is 0 Å². The number of carbonyl (C=O) groups is 4. The molecule has 1 fully saturated rings. The van der Waals surface area contributed by atoms with Crippen LogP contribution in [0.4, 0.5) is 11.5 Å². The highest BCUT2D eigenvalue weighted by molar-refractivity contribution is 6.30. The molecule has 4 rings (SSSR count). The van der Waals surface area contributed by atoms with E-state index in [-0.39, 0.29) is 58.7 Å². The zero-order chi connectivity index (χ0) is 29.4. The van der Waals surface area contributed by atoms with Crippen molar-refractivity contribution in [3.8, 4) is 0 Å². The second-order valence-electron chi connectivity index (χ2n) is 9.28. The molecule has 218 valence electrons. The molecular weight excluding hydrogens is 556 g/mol. The molecule has 4 amide bonds. The molecule has 1 aliphatic heterocycles. The number of nitrogens with one attached hydrogen (secondary N) is 2. The van der Waals surface area contributed by atoms with Gasteiger partial charge in [0.25, 0.3) is 11.8 Å². The Bertz CT molecular complexity index is 1410. The maximum absolute atomic E-state index is 13.2. The molecule has 14 heteroatoms. The summed E-state index contributed by atoms with van der Waals surface area (Å²) >= 11 is 5.88. The van der Waals surface area contributed by atoms with E-state index in [1.54, 1.807) is 18.0 Å². The lowest BCUT2D eigenvalue weighted by atomic mass is 10.2. The summed E-state index contributed by atoms with van der Waals surface area (Å²) in [5.41, 5.74) is 0.413. The molecule has 0 atom stereocenters. The number of ether oxygens (including phenoxy) is 2. The molecule has 0 aromatic carbocycles. The average Bonchev–Trinajstić information content (AvgIpc) is 3.34. The second-order valence-corrected chi connectivity index (χ2v) is 9.72. The van der Waals surface area contributed by atoms with Gasteiger partial charge in [-0.05, 0) is 30.7 Å². The van der Waals surface area contributed by atoms with Gasteiger partial charge in [-0.15, -0.1) is 0 Å². The third kappa shape index (κ3) is 7.78. The summed E-state index contributed by atoms with van der Waals surface area (Å²) in [5.74, 6) is -1.58. The van der Waals surface area contributed by atoms with Crippen LogP contribution in [0, 0.1) is 0 Å². The van der Waals surface area contributed by atoms with E-state index in [0.717, 1.165) is 0 Å². The van der Waals surface area contributed by atoms with E-state index in [9.17, 15) is 19.2 Å². The number of likely N-dealkylation sites (N-methyl/N-ethyl adjacent to an activating group) is 1. The van der Waals surface area contributed by atoms with Gasteiger partial charge >= 0.3 is 0 Å². The zero-order valence-electron chi connectivity index (χ0n) is 22.8. The summed E-state index contributed by atoms with van der Waals surface area (Å²) in [4.78, 5) is 63.1. The van der Waals surface area contributed by atoms with Crippen molar-refractivity contribution >= 4 is 57.8 Å². The molecule has 0 spiro atoms. The van der Waals surface area contributed by atoms with E-state index in [0.29, 0.717) is 50.9 Å². The molecule has 0 saturated carbocycles. The minimum Gasteiger partial charge on any atom is -0.447 e. The number of aromatic nitrogens is 2. The van der Waals surface area contributed by atoms with Gasteiger partial charge in [0.15, 0.2) is 5.58 Å². The van der Waals surface area contributed by atoms with Crippen LogP contribution in [0.5, 0.6) is 0 Å². The number of halogens is 1. The fraction of sp³-hybridized carbons (Fsp3) is 0.407. The summed E-state index contributed by atoms with van der Waals surface area (Å²) in [6.45, 7) is 2.73. The first-order valence-electron chi connectivity index (χ1n) is 13.0. The highest BCUT2D eigenvalue weighted by Gasteiger charge is 2.26. The van der Waals surface area contributed by atoms with E-state index < -0.39 is 11.8 Å². The van der Waals surface area contributed by atoms with Gasteiger partial charge in [0, 0.05) is 52.8 Å². The number of pyridine rings is 2. The van der Waals surface area contributed by atoms with Crippen LogP contribution < -0.4 is 10.6 Å². The van der Waals surface area contributed by atoms with Gasteiger partial charge in [-0.2, -0.15) is 0 Å². The number of methoxy groups -OCH3 is 1. The van der Waals surface area contributed by atoms with Gasteiger partial charge in [0.1, 0.15) is 22.7 Å². The molecule has 0 radical (unpaired) electrons. The molecule has 1 saturated heterocycles. The van der Waals surface area contributed by atoms with Crippen LogP contribution >= 0.6 is 11.6 Å². The first kappa shape index (κ1) is 29.9. The molecule has 0 aliphatic carbocycles. The third-order valence-corrected chi connectivity index (χ3v) is 6.55. The first-order valence-corrected chi connectivity index (χ1v) is 13.4. The van der Waals surface area contributed by atoms with Gasteiger partial charge in [-0.3, -0.25) is 19.2 Å². The van der Waals surface area contributed by atoms with Gasteiger partial charge < -0.3 is 34.3 Å². The van der Waals surface area contributed by atoms with Crippen LogP contribution in [-0.2, 0) is 19.1 Å². The minimum absolute atomic E-state index is 0.00478. The van der Waals surface area contributed by atoms with Crippen LogP contribution in [0.25, 0.3) is 11.1 Å². The first-order chi connectivity index (χ1) is 19.8. The SMILES string of the molecule is COCCN(C)C(=O)c1ccc2oc(C(=O)Nc3ccc(Cl)cn3)c(NC(=O)CCCC(=O)N3CCOCC3)c2n1. The molecule has 3 aromatic heterocycles. The van der Waals surface area contributed by atoms with Crippen molar-refractivity contribution in [3.05, 3.63) is 46.9 Å². The lowest BCUT2D eigenvalue weighted by molar-refractivity contribution is -0.135. The van der Waals surface area contributed by atoms with Crippen LogP contribution in [0.15, 0.2) is 34.9 Å². The Kier molecular flexibility index (Phi) is 10.2. The Morgan fingerprint density at radius 1 is 1.10 bits per heavy atom. The monoisotopic (exact) mass is 586 g/mol. The summed E-state index contributed by atoms with van der Waals surface area (Å²) in [6, 6.07) is 6.05. The predicted molar refractivity (Wildman–Crippen MR) is 150 cm³/mol. The number of carbonyl (C=O) groups excluding carboxylic acids is 4. The van der Waals surface area contributed by atoms with Gasteiger partial charge in [-0.1, -0.05) is 11.6 Å². The predicted octanol–water partition coefficient (Wildman–Crippen LogP) is 2.81. The van der Waals surface area contributed by atoms with Crippen LogP contribution in [-0.4, -0.2) is 97.0 Å². The number of rotatable bonds is 11. The minimum atomic E-state index is -0.694. The number of furan rings is 1. The van der Waals surface area contributed by atoms with Gasteiger partial charge in [0.2, 0.25) is 17.6 Å². The van der Waals surface area contributed by atoms with Crippen molar-refractivity contribution in [1.29, 1.82) is 0 Å². The highest BCUT2D eigenvalue weighted by Crippen LogP contribution is 2.31. The Labute approximate surface area is 241 Å². The summed E-state index contributed by atoms with van der Waals surface area (Å²) < 4.78 is 16.1. The third-order valence-electron chi connectivity index (χ3n) is 6.33. The number of hydrogen-bond donors (Lipinski definition) is 2. The second kappa shape index (κ2) is 14.0. The zero-order valence-corrected chi connectivity index (χ0v) is 23.5. The quantitative estimate of drug-likeness (QED) is 0.345. The summed E-state index contributed by atoms with van der Waals surface area (Å²) in [7, 11) is 3.15. The molecule has 41 heavy (non-hydrogen) atoms. The lowest BCUT2D eigenvalue weighted by Gasteiger charge is -2.26. The number of fused-ring (bicyclic) bond motifs is 1. The fourth-order valence-electron chi connectivity index (χ4n) is 4.09. The fourth-order valence-corrected chi connectivity index (χ4v) is 4.20.